The lowest BCUT2D eigenvalue weighted by Crippen LogP contribution is -2.41. The van der Waals surface area contributed by atoms with Crippen LogP contribution in [-0.4, -0.2) is 62.1 Å². The first kappa shape index (κ1) is 23.5. The van der Waals surface area contributed by atoms with Gasteiger partial charge in [-0.15, -0.1) is 5.11 Å². The Morgan fingerprint density at radius 2 is 2.08 bits per heavy atom. The molecule has 1 fully saturated rings. The summed E-state index contributed by atoms with van der Waals surface area (Å²) in [7, 11) is 1.84. The number of nitrogens with one attached hydrogen (secondary N) is 3. The van der Waals surface area contributed by atoms with Gasteiger partial charge in [-0.05, 0) is 11.6 Å². The summed E-state index contributed by atoms with van der Waals surface area (Å²) in [6.07, 6.45) is 8.52. The third-order valence-corrected chi connectivity index (χ3v) is 5.57. The third-order valence-electron chi connectivity index (χ3n) is 5.57. The Balaban J connectivity index is 1.24. The predicted molar refractivity (Wildman–Crippen MR) is 132 cm³/mol. The molecule has 12 nitrogen and oxygen atoms in total. The van der Waals surface area contributed by atoms with Crippen molar-refractivity contribution in [1.29, 1.82) is 5.53 Å². The molecule has 1 saturated heterocycles. The van der Waals surface area contributed by atoms with Gasteiger partial charge in [0, 0.05) is 44.0 Å². The number of rotatable bonds is 9. The van der Waals surface area contributed by atoms with Crippen molar-refractivity contribution in [3.63, 3.8) is 0 Å². The summed E-state index contributed by atoms with van der Waals surface area (Å²) in [6.45, 7) is 3.24. The van der Waals surface area contributed by atoms with Gasteiger partial charge in [0.15, 0.2) is 17.4 Å². The fraction of sp³-hybridized carbons (Fsp3) is 0.292. The van der Waals surface area contributed by atoms with Crippen LogP contribution in [0.4, 0.5) is 11.6 Å². The van der Waals surface area contributed by atoms with Gasteiger partial charge in [0.1, 0.15) is 12.7 Å². The molecule has 36 heavy (non-hydrogen) atoms. The topological polar surface area (TPSA) is 148 Å². The van der Waals surface area contributed by atoms with Crippen molar-refractivity contribution in [3.05, 3.63) is 60.8 Å². The van der Waals surface area contributed by atoms with Gasteiger partial charge in [0.2, 0.25) is 5.82 Å². The molecule has 1 aliphatic heterocycles. The van der Waals surface area contributed by atoms with E-state index in [9.17, 15) is 0 Å². The van der Waals surface area contributed by atoms with Crippen LogP contribution in [0.1, 0.15) is 5.56 Å². The Labute approximate surface area is 207 Å². The molecule has 4 aromatic rings. The maximum Gasteiger partial charge on any atom is 0.216 e. The van der Waals surface area contributed by atoms with Crippen LogP contribution >= 0.6 is 0 Å². The van der Waals surface area contributed by atoms with Gasteiger partial charge in [-0.1, -0.05) is 18.2 Å². The van der Waals surface area contributed by atoms with Gasteiger partial charge in [-0.3, -0.25) is 4.68 Å². The number of aryl methyl sites for hydroxylation is 1. The summed E-state index contributed by atoms with van der Waals surface area (Å²) in [5.41, 5.74) is 10.8. The molecule has 3 aromatic heterocycles. The molecule has 0 aliphatic carbocycles. The number of aromatic nitrogens is 6. The van der Waals surface area contributed by atoms with Crippen LogP contribution in [0, 0.1) is 5.53 Å². The fourth-order valence-electron chi connectivity index (χ4n) is 3.74. The second-order valence-corrected chi connectivity index (χ2v) is 8.25. The van der Waals surface area contributed by atoms with Crippen molar-refractivity contribution in [1.82, 2.24) is 35.0 Å². The van der Waals surface area contributed by atoms with Crippen LogP contribution in [-0.2, 0) is 18.3 Å². The highest BCUT2D eigenvalue weighted by molar-refractivity contribution is 5.64. The van der Waals surface area contributed by atoms with Crippen molar-refractivity contribution in [3.8, 4) is 28.4 Å². The summed E-state index contributed by atoms with van der Waals surface area (Å²) in [5.74, 6) is 1.84. The second-order valence-electron chi connectivity index (χ2n) is 8.25. The van der Waals surface area contributed by atoms with Crippen LogP contribution in [0.5, 0.6) is 5.75 Å². The molecule has 4 heterocycles. The lowest BCUT2D eigenvalue weighted by atomic mass is 10.1. The SMILES string of the molecule is Cn1cc(-c2cnc(N=N)c(NCc3cccc(-c4ncc(OCC5CNCCO5)cn4)c3)n2)cn1. The Morgan fingerprint density at radius 1 is 1.19 bits per heavy atom. The van der Waals surface area contributed by atoms with E-state index < -0.39 is 0 Å². The Kier molecular flexibility index (Phi) is 7.15. The summed E-state index contributed by atoms with van der Waals surface area (Å²) in [4.78, 5) is 17.8. The average molecular weight is 487 g/mol. The zero-order valence-corrected chi connectivity index (χ0v) is 19.8. The highest BCUT2D eigenvalue weighted by Crippen LogP contribution is 2.25. The van der Waals surface area contributed by atoms with E-state index in [4.69, 9.17) is 15.0 Å². The van der Waals surface area contributed by atoms with E-state index >= 15 is 0 Å². The minimum absolute atomic E-state index is 0.0284. The van der Waals surface area contributed by atoms with Crippen molar-refractivity contribution in [2.45, 2.75) is 12.6 Å². The molecular formula is C24H26N10O2. The number of benzene rings is 1. The van der Waals surface area contributed by atoms with Crippen molar-refractivity contribution >= 4 is 11.6 Å². The van der Waals surface area contributed by atoms with Gasteiger partial charge in [0.25, 0.3) is 0 Å². The number of nitrogens with zero attached hydrogens (tertiary/aromatic N) is 7. The molecule has 5 rings (SSSR count). The maximum absolute atomic E-state index is 7.43. The molecule has 0 amide bonds. The van der Waals surface area contributed by atoms with Gasteiger partial charge in [-0.25, -0.2) is 25.5 Å². The summed E-state index contributed by atoms with van der Waals surface area (Å²) in [5, 5.41) is 14.2. The van der Waals surface area contributed by atoms with Crippen molar-refractivity contribution in [2.75, 3.05) is 31.6 Å². The first-order valence-corrected chi connectivity index (χ1v) is 11.5. The fourth-order valence-corrected chi connectivity index (χ4v) is 3.74. The molecule has 0 radical (unpaired) electrons. The van der Waals surface area contributed by atoms with Crippen molar-refractivity contribution < 1.29 is 9.47 Å². The molecule has 0 spiro atoms. The normalized spacial score (nSPS) is 15.4. The Bertz CT molecular complexity index is 1320. The molecule has 1 aliphatic rings. The van der Waals surface area contributed by atoms with Gasteiger partial charge >= 0.3 is 0 Å². The number of hydrogen-bond donors (Lipinski definition) is 3. The van der Waals surface area contributed by atoms with Gasteiger partial charge in [0.05, 0.1) is 37.1 Å². The van der Waals surface area contributed by atoms with Crippen LogP contribution in [0.15, 0.2) is 60.4 Å². The molecule has 12 heteroatoms. The molecule has 1 unspecified atom stereocenters. The molecule has 0 bridgehead atoms. The molecule has 0 saturated carbocycles. The van der Waals surface area contributed by atoms with E-state index in [1.54, 1.807) is 29.5 Å². The van der Waals surface area contributed by atoms with E-state index in [1.807, 2.05) is 37.5 Å². The van der Waals surface area contributed by atoms with Crippen LogP contribution in [0.3, 0.4) is 0 Å². The number of morpholine rings is 1. The standard InChI is InChI=1S/C24H26N10O2/c1-34-14-18(9-31-34)21-13-30-24(33-25)23(32-21)27-8-16-3-2-4-17(7-16)22-28-11-19(12-29-22)36-15-20-10-26-5-6-35-20/h2-4,7,9,11-14,20,25-26H,5-6,8,10,15H2,1H3,(H,27,32). The highest BCUT2D eigenvalue weighted by Gasteiger charge is 2.14. The van der Waals surface area contributed by atoms with Crippen molar-refractivity contribution in [2.24, 2.45) is 12.2 Å². The highest BCUT2D eigenvalue weighted by atomic mass is 16.5. The molecular weight excluding hydrogens is 460 g/mol. The molecule has 3 N–H and O–H groups in total. The smallest absolute Gasteiger partial charge is 0.216 e. The summed E-state index contributed by atoms with van der Waals surface area (Å²) < 4.78 is 13.1. The number of ether oxygens (including phenoxy) is 2. The third kappa shape index (κ3) is 5.67. The van der Waals surface area contributed by atoms with E-state index in [-0.39, 0.29) is 11.9 Å². The number of anilines is 1. The van der Waals surface area contributed by atoms with E-state index in [2.05, 4.69) is 40.8 Å². The Morgan fingerprint density at radius 3 is 2.83 bits per heavy atom. The molecule has 1 atom stereocenters. The van der Waals surface area contributed by atoms with Gasteiger partial charge in [-0.2, -0.15) is 5.10 Å². The largest absolute Gasteiger partial charge is 0.488 e. The minimum Gasteiger partial charge on any atom is -0.488 e. The first-order chi connectivity index (χ1) is 17.7. The zero-order valence-electron chi connectivity index (χ0n) is 19.8. The zero-order chi connectivity index (χ0) is 24.7. The quantitative estimate of drug-likeness (QED) is 0.304. The molecule has 184 valence electrons. The second kappa shape index (κ2) is 11.0. The lowest BCUT2D eigenvalue weighted by molar-refractivity contribution is 0.0000562. The predicted octanol–water partition coefficient (Wildman–Crippen LogP) is 2.98. The van der Waals surface area contributed by atoms with E-state index in [0.717, 1.165) is 29.8 Å². The maximum atomic E-state index is 7.43. The van der Waals surface area contributed by atoms with Crippen LogP contribution in [0.25, 0.3) is 22.6 Å². The summed E-state index contributed by atoms with van der Waals surface area (Å²) in [6, 6.07) is 7.89. The monoisotopic (exact) mass is 486 g/mol. The lowest BCUT2D eigenvalue weighted by Gasteiger charge is -2.23. The van der Waals surface area contributed by atoms with Gasteiger partial charge < -0.3 is 20.1 Å². The van der Waals surface area contributed by atoms with E-state index in [0.29, 0.717) is 42.8 Å². The number of hydrogen-bond acceptors (Lipinski definition) is 11. The molecule has 1 aromatic carbocycles. The van der Waals surface area contributed by atoms with E-state index in [1.165, 1.54) is 0 Å². The Hall–Kier alpha value is -4.29. The van der Waals surface area contributed by atoms with Crippen LogP contribution < -0.4 is 15.4 Å². The first-order valence-electron chi connectivity index (χ1n) is 11.5. The minimum atomic E-state index is 0.0284. The summed E-state index contributed by atoms with van der Waals surface area (Å²) >= 11 is 0. The average Bonchev–Trinajstić information content (AvgIpc) is 3.38. The van der Waals surface area contributed by atoms with Crippen LogP contribution in [0.2, 0.25) is 0 Å².